The Bertz CT molecular complexity index is 1700. The fraction of sp³-hybridized carbons (Fsp3) is 0.500. The van der Waals surface area contributed by atoms with Gasteiger partial charge in [-0.3, -0.25) is 9.69 Å². The van der Waals surface area contributed by atoms with Crippen molar-refractivity contribution in [3.05, 3.63) is 52.0 Å². The molecule has 2 fully saturated rings. The minimum Gasteiger partial charge on any atom is -0.334 e. The second kappa shape index (κ2) is 12.2. The van der Waals surface area contributed by atoms with E-state index in [-0.39, 0.29) is 51.4 Å². The number of aromatic nitrogens is 2. The highest BCUT2D eigenvalue weighted by molar-refractivity contribution is 7.91. The lowest BCUT2D eigenvalue weighted by molar-refractivity contribution is -0.137. The van der Waals surface area contributed by atoms with Crippen molar-refractivity contribution >= 4 is 38.7 Å². The molecule has 2 aliphatic heterocycles. The van der Waals surface area contributed by atoms with Gasteiger partial charge in [-0.25, -0.2) is 27.2 Å². The van der Waals surface area contributed by atoms with Crippen LogP contribution in [0.25, 0.3) is 10.6 Å². The number of carbonyl (C=O) groups excluding carboxylic acids is 1. The number of anilines is 2. The van der Waals surface area contributed by atoms with E-state index in [1.807, 2.05) is 25.1 Å². The average Bonchev–Trinajstić information content (AvgIpc) is 3.73. The quantitative estimate of drug-likeness (QED) is 0.279. The number of rotatable bonds is 8. The standard InChI is InChI=1S/C30H32F5N5O3S2/c1-2-17-13-19(18-7-9-39(10-8-18)16-25(31)32)3-6-22(17)37-29-36-15-21(30(33,34)35)26(38-29)23-14-24-27(44-23)28(41)40(20-4-5-20)11-12-45(24,42)43/h3,6,13-15,18,20,25H,2,4-5,7-12,16H2,1H3,(H,36,37,38). The highest BCUT2D eigenvalue weighted by atomic mass is 32.2. The monoisotopic (exact) mass is 669 g/mol. The van der Waals surface area contributed by atoms with Gasteiger partial charge >= 0.3 is 6.18 Å². The number of fused-ring (bicyclic) bond motifs is 1. The van der Waals surface area contributed by atoms with Crippen LogP contribution >= 0.6 is 11.3 Å². The van der Waals surface area contributed by atoms with Gasteiger partial charge in [0.15, 0.2) is 9.84 Å². The van der Waals surface area contributed by atoms with Crippen molar-refractivity contribution in [2.24, 2.45) is 0 Å². The number of thiophene rings is 1. The molecule has 0 bridgehead atoms. The molecule has 2 aromatic heterocycles. The molecule has 15 heteroatoms. The summed E-state index contributed by atoms with van der Waals surface area (Å²) in [6.45, 7) is 2.92. The summed E-state index contributed by atoms with van der Waals surface area (Å²) >= 11 is 0.702. The summed E-state index contributed by atoms with van der Waals surface area (Å²) in [6.07, 6.45) is -2.92. The molecule has 1 N–H and O–H groups in total. The van der Waals surface area contributed by atoms with E-state index in [1.54, 1.807) is 4.90 Å². The number of amides is 1. The first-order valence-electron chi connectivity index (χ1n) is 14.9. The average molecular weight is 670 g/mol. The predicted molar refractivity (Wildman–Crippen MR) is 160 cm³/mol. The third-order valence-corrected chi connectivity index (χ3v) is 11.6. The molecular formula is C30H32F5N5O3S2. The number of sulfone groups is 1. The van der Waals surface area contributed by atoms with Gasteiger partial charge in [-0.2, -0.15) is 13.2 Å². The molecule has 3 aromatic rings. The Labute approximate surface area is 261 Å². The first-order chi connectivity index (χ1) is 21.3. The van der Waals surface area contributed by atoms with Gasteiger partial charge < -0.3 is 10.2 Å². The van der Waals surface area contributed by atoms with Gasteiger partial charge in [0.1, 0.15) is 10.4 Å². The molecule has 0 spiro atoms. The number of nitrogens with one attached hydrogen (secondary N) is 1. The van der Waals surface area contributed by atoms with E-state index in [9.17, 15) is 35.2 Å². The highest BCUT2D eigenvalue weighted by Crippen LogP contribution is 2.43. The summed E-state index contributed by atoms with van der Waals surface area (Å²) in [6, 6.07) is 6.81. The van der Waals surface area contributed by atoms with E-state index in [4.69, 9.17) is 0 Å². The molecular weight excluding hydrogens is 637 g/mol. The minimum atomic E-state index is -4.83. The number of carbonyl (C=O) groups is 1. The van der Waals surface area contributed by atoms with Gasteiger partial charge in [0.2, 0.25) is 5.95 Å². The van der Waals surface area contributed by atoms with E-state index in [2.05, 4.69) is 15.3 Å². The number of piperidine rings is 1. The van der Waals surface area contributed by atoms with Gasteiger partial charge in [0.25, 0.3) is 12.3 Å². The molecule has 45 heavy (non-hydrogen) atoms. The van der Waals surface area contributed by atoms with Crippen LogP contribution in [0.3, 0.4) is 0 Å². The van der Waals surface area contributed by atoms with Crippen LogP contribution in [0.1, 0.15) is 64.9 Å². The molecule has 8 nitrogen and oxygen atoms in total. The molecule has 242 valence electrons. The van der Waals surface area contributed by atoms with Gasteiger partial charge in [-0.15, -0.1) is 11.3 Å². The van der Waals surface area contributed by atoms with Crippen LogP contribution in [0.2, 0.25) is 0 Å². The Hall–Kier alpha value is -3.17. The summed E-state index contributed by atoms with van der Waals surface area (Å²) in [5.74, 6) is -0.696. The number of likely N-dealkylation sites (tertiary alicyclic amines) is 1. The normalized spacial score (nSPS) is 19.5. The Morgan fingerprint density at radius 3 is 2.47 bits per heavy atom. The van der Waals surface area contributed by atoms with Crippen molar-refractivity contribution in [3.8, 4) is 10.6 Å². The SMILES string of the molecule is CCc1cc(C2CCN(CC(F)F)CC2)ccc1Nc1ncc(C(F)(F)F)c(-c2cc3c(s2)C(=O)N(C2CC2)CCS3(=O)=O)n1. The van der Waals surface area contributed by atoms with Crippen molar-refractivity contribution < 1.29 is 35.2 Å². The van der Waals surface area contributed by atoms with Gasteiger partial charge in [0, 0.05) is 24.5 Å². The number of hydrogen-bond donors (Lipinski definition) is 1. The summed E-state index contributed by atoms with van der Waals surface area (Å²) in [7, 11) is -3.90. The highest BCUT2D eigenvalue weighted by Gasteiger charge is 2.42. The molecule has 1 aromatic carbocycles. The maximum Gasteiger partial charge on any atom is 0.420 e. The van der Waals surface area contributed by atoms with Gasteiger partial charge in [-0.05, 0) is 74.4 Å². The summed E-state index contributed by atoms with van der Waals surface area (Å²) < 4.78 is 94.1. The number of halogens is 5. The molecule has 1 saturated carbocycles. The van der Waals surface area contributed by atoms with E-state index in [0.29, 0.717) is 42.7 Å². The minimum absolute atomic E-state index is 0.0500. The zero-order chi connectivity index (χ0) is 32.1. The summed E-state index contributed by atoms with van der Waals surface area (Å²) in [4.78, 5) is 24.2. The number of alkyl halides is 5. The third-order valence-electron chi connectivity index (χ3n) is 8.62. The maximum absolute atomic E-state index is 14.1. The maximum atomic E-state index is 14.1. The number of nitrogens with zero attached hydrogens (tertiary/aromatic N) is 4. The van der Waals surface area contributed by atoms with Crippen molar-refractivity contribution in [1.29, 1.82) is 0 Å². The Morgan fingerprint density at radius 2 is 1.82 bits per heavy atom. The van der Waals surface area contributed by atoms with Crippen molar-refractivity contribution in [1.82, 2.24) is 19.8 Å². The molecule has 1 amide bonds. The van der Waals surface area contributed by atoms with Crippen LogP contribution in [-0.4, -0.2) is 78.5 Å². The number of benzene rings is 1. The van der Waals surface area contributed by atoms with E-state index in [0.717, 1.165) is 42.9 Å². The Balaban J connectivity index is 1.30. The largest absolute Gasteiger partial charge is 0.420 e. The summed E-state index contributed by atoms with van der Waals surface area (Å²) in [5.41, 5.74) is 0.894. The molecule has 0 radical (unpaired) electrons. The van der Waals surface area contributed by atoms with Crippen molar-refractivity contribution in [3.63, 3.8) is 0 Å². The van der Waals surface area contributed by atoms with Crippen LogP contribution in [-0.2, 0) is 22.4 Å². The first-order valence-corrected chi connectivity index (χ1v) is 17.3. The van der Waals surface area contributed by atoms with Crippen LogP contribution < -0.4 is 5.32 Å². The number of hydrogen-bond acceptors (Lipinski definition) is 8. The lowest BCUT2D eigenvalue weighted by atomic mass is 9.88. The molecule has 3 aliphatic rings. The number of aryl methyl sites for hydroxylation is 1. The molecule has 0 unspecified atom stereocenters. The predicted octanol–water partition coefficient (Wildman–Crippen LogP) is 6.37. The van der Waals surface area contributed by atoms with Gasteiger partial charge in [0.05, 0.1) is 27.8 Å². The van der Waals surface area contributed by atoms with Crippen LogP contribution in [0.4, 0.5) is 33.6 Å². The molecule has 0 atom stereocenters. The third kappa shape index (κ3) is 6.70. The topological polar surface area (TPSA) is 95.5 Å². The molecule has 6 rings (SSSR count). The lowest BCUT2D eigenvalue weighted by Crippen LogP contribution is -2.36. The lowest BCUT2D eigenvalue weighted by Gasteiger charge is -2.32. The van der Waals surface area contributed by atoms with E-state index in [1.165, 1.54) is 4.90 Å². The van der Waals surface area contributed by atoms with Crippen LogP contribution in [0.15, 0.2) is 35.4 Å². The fourth-order valence-corrected chi connectivity index (χ4v) is 8.97. The second-order valence-corrected chi connectivity index (χ2v) is 14.8. The van der Waals surface area contributed by atoms with Crippen molar-refractivity contribution in [2.45, 2.75) is 68.5 Å². The van der Waals surface area contributed by atoms with E-state index >= 15 is 0 Å². The molecule has 1 aliphatic carbocycles. The second-order valence-electron chi connectivity index (χ2n) is 11.7. The van der Waals surface area contributed by atoms with Crippen LogP contribution in [0, 0.1) is 0 Å². The zero-order valence-corrected chi connectivity index (χ0v) is 26.0. The molecule has 4 heterocycles. The Morgan fingerprint density at radius 1 is 1.09 bits per heavy atom. The Kier molecular flexibility index (Phi) is 8.63. The molecule has 1 saturated heterocycles. The van der Waals surface area contributed by atoms with Gasteiger partial charge in [-0.1, -0.05) is 19.1 Å². The first kappa shape index (κ1) is 31.8. The summed E-state index contributed by atoms with van der Waals surface area (Å²) in [5, 5.41) is 3.03. The van der Waals surface area contributed by atoms with Crippen molar-refractivity contribution in [2.75, 3.05) is 37.2 Å². The smallest absolute Gasteiger partial charge is 0.334 e. The van der Waals surface area contributed by atoms with E-state index < -0.39 is 39.6 Å². The zero-order valence-electron chi connectivity index (χ0n) is 24.4. The fourth-order valence-electron chi connectivity index (χ4n) is 6.05. The van der Waals surface area contributed by atoms with Crippen LogP contribution in [0.5, 0.6) is 0 Å².